The van der Waals surface area contributed by atoms with Crippen molar-refractivity contribution >= 4 is 23.8 Å². The number of carbonyl (C=O) groups is 2. The molecular weight excluding hydrogens is 503 g/mol. The summed E-state index contributed by atoms with van der Waals surface area (Å²) in [4.78, 5) is 30.4. The van der Waals surface area contributed by atoms with Crippen LogP contribution < -0.4 is 4.90 Å². The number of carbonyl (C=O) groups excluding carboxylic acids is 1. The van der Waals surface area contributed by atoms with Crippen LogP contribution in [0, 0.1) is 12.7 Å². The molecule has 0 radical (unpaired) electrons. The van der Waals surface area contributed by atoms with Gasteiger partial charge in [0, 0.05) is 30.6 Å². The van der Waals surface area contributed by atoms with E-state index in [0.29, 0.717) is 23.2 Å². The zero-order chi connectivity index (χ0) is 28.6. The van der Waals surface area contributed by atoms with Crippen molar-refractivity contribution in [1.29, 1.82) is 0 Å². The fourth-order valence-corrected chi connectivity index (χ4v) is 4.81. The van der Waals surface area contributed by atoms with Crippen LogP contribution in [-0.2, 0) is 13.0 Å². The van der Waals surface area contributed by atoms with Gasteiger partial charge in [0.1, 0.15) is 5.82 Å². The third-order valence-corrected chi connectivity index (χ3v) is 6.89. The summed E-state index contributed by atoms with van der Waals surface area (Å²) < 4.78 is 13.8. The number of hydrogen-bond acceptors (Lipinski definition) is 3. The van der Waals surface area contributed by atoms with E-state index in [0.717, 1.165) is 47.3 Å². The largest absolute Gasteiger partial charge is 0.478 e. The third kappa shape index (κ3) is 6.52. The lowest BCUT2D eigenvalue weighted by atomic mass is 9.95. The van der Waals surface area contributed by atoms with Crippen LogP contribution in [0.4, 0.5) is 10.1 Å². The lowest BCUT2D eigenvalue weighted by Crippen LogP contribution is -2.29. The topological polar surface area (TPSA) is 70.0 Å². The van der Waals surface area contributed by atoms with Gasteiger partial charge in [-0.15, -0.1) is 0 Å². The summed E-state index contributed by atoms with van der Waals surface area (Å²) in [6, 6.07) is 25.5. The second kappa shape index (κ2) is 13.0. The Morgan fingerprint density at radius 2 is 1.68 bits per heavy atom. The number of nitrogens with zero attached hydrogens (tertiary/aromatic N) is 2. The lowest BCUT2D eigenvalue weighted by molar-refractivity contribution is 0.0696. The molecule has 0 saturated heterocycles. The molecule has 0 fully saturated rings. The minimum atomic E-state index is -0.942. The van der Waals surface area contributed by atoms with Gasteiger partial charge in [-0.3, -0.25) is 4.79 Å². The SMILES string of the molecule is CC.Cc1ccc(C=NC(=O)c2ccc3c(c2)CCCN3Cc2ccccc2-c2ccc(C(=O)O)cc2)cc1F. The molecule has 0 saturated carbocycles. The first-order valence-corrected chi connectivity index (χ1v) is 13.5. The van der Waals surface area contributed by atoms with Crippen molar-refractivity contribution in [3.05, 3.63) is 124 Å². The van der Waals surface area contributed by atoms with Crippen molar-refractivity contribution in [3.8, 4) is 11.1 Å². The molecule has 5 nitrogen and oxygen atoms in total. The van der Waals surface area contributed by atoms with Gasteiger partial charge in [-0.2, -0.15) is 0 Å². The smallest absolute Gasteiger partial charge is 0.335 e. The number of anilines is 1. The Balaban J connectivity index is 0.00000181. The second-order valence-electron chi connectivity index (χ2n) is 9.48. The molecule has 1 amide bonds. The van der Waals surface area contributed by atoms with Crippen LogP contribution in [0.3, 0.4) is 0 Å². The first kappa shape index (κ1) is 28.4. The van der Waals surface area contributed by atoms with Gasteiger partial charge in [-0.05, 0) is 89.5 Å². The standard InChI is InChI=1S/C32H27FN2O3.C2H6/c1-21-8-9-22(17-29(21)33)19-34-31(36)26-14-15-30-25(18-26)6-4-16-35(30)20-27-5-2-3-7-28(27)23-10-12-24(13-11-23)32(37)38;1-2/h2-3,5,7-15,17-19H,4,6,16,20H2,1H3,(H,37,38);1-2H3. The zero-order valence-electron chi connectivity index (χ0n) is 23.0. The first-order valence-electron chi connectivity index (χ1n) is 13.5. The number of aliphatic imine (C=N–C) groups is 1. The number of fused-ring (bicyclic) bond motifs is 1. The monoisotopic (exact) mass is 536 g/mol. The molecule has 0 aromatic heterocycles. The molecule has 6 heteroatoms. The Morgan fingerprint density at radius 3 is 2.40 bits per heavy atom. The average molecular weight is 537 g/mol. The molecule has 1 heterocycles. The number of benzene rings is 4. The van der Waals surface area contributed by atoms with Crippen LogP contribution in [0.15, 0.2) is 89.9 Å². The number of amides is 1. The fourth-order valence-electron chi connectivity index (χ4n) is 4.81. The Kier molecular flexibility index (Phi) is 9.23. The molecule has 0 spiro atoms. The summed E-state index contributed by atoms with van der Waals surface area (Å²) >= 11 is 0. The summed E-state index contributed by atoms with van der Waals surface area (Å²) in [7, 11) is 0. The number of halogens is 1. The van der Waals surface area contributed by atoms with Gasteiger partial charge in [-0.25, -0.2) is 14.2 Å². The molecule has 0 aliphatic carbocycles. The minimum absolute atomic E-state index is 0.261. The Bertz CT molecular complexity index is 1540. The number of aromatic carboxylic acids is 1. The van der Waals surface area contributed by atoms with Crippen molar-refractivity contribution in [2.45, 2.75) is 40.2 Å². The predicted octanol–water partition coefficient (Wildman–Crippen LogP) is 7.74. The van der Waals surface area contributed by atoms with E-state index < -0.39 is 5.97 Å². The molecule has 5 rings (SSSR count). The van der Waals surface area contributed by atoms with E-state index in [1.54, 1.807) is 37.3 Å². The summed E-state index contributed by atoms with van der Waals surface area (Å²) in [6.07, 6.45) is 3.24. The number of carboxylic acids is 1. The predicted molar refractivity (Wildman–Crippen MR) is 159 cm³/mol. The lowest BCUT2D eigenvalue weighted by Gasteiger charge is -2.32. The van der Waals surface area contributed by atoms with Crippen molar-refractivity contribution in [1.82, 2.24) is 0 Å². The van der Waals surface area contributed by atoms with Gasteiger partial charge in [-0.1, -0.05) is 62.4 Å². The van der Waals surface area contributed by atoms with Gasteiger partial charge in [0.15, 0.2) is 0 Å². The van der Waals surface area contributed by atoms with Crippen LogP contribution in [0.5, 0.6) is 0 Å². The normalized spacial score (nSPS) is 12.4. The maximum absolute atomic E-state index is 13.8. The number of hydrogen-bond donors (Lipinski definition) is 1. The maximum atomic E-state index is 13.8. The Hall–Kier alpha value is -4.58. The highest BCUT2D eigenvalue weighted by molar-refractivity contribution is 6.02. The summed E-state index contributed by atoms with van der Waals surface area (Å²) in [6.45, 7) is 7.27. The highest BCUT2D eigenvalue weighted by Gasteiger charge is 2.20. The summed E-state index contributed by atoms with van der Waals surface area (Å²) in [5, 5.41) is 9.22. The van der Waals surface area contributed by atoms with E-state index in [1.165, 1.54) is 12.3 Å². The van der Waals surface area contributed by atoms with E-state index in [9.17, 15) is 19.1 Å². The highest BCUT2D eigenvalue weighted by atomic mass is 19.1. The van der Waals surface area contributed by atoms with Gasteiger partial charge in [0.2, 0.25) is 0 Å². The van der Waals surface area contributed by atoms with Gasteiger partial charge < -0.3 is 10.0 Å². The summed E-state index contributed by atoms with van der Waals surface area (Å²) in [5.41, 5.74) is 7.22. The van der Waals surface area contributed by atoms with Crippen LogP contribution in [-0.4, -0.2) is 29.7 Å². The molecule has 0 bridgehead atoms. The molecule has 0 atom stereocenters. The van der Waals surface area contributed by atoms with Crippen molar-refractivity contribution in [3.63, 3.8) is 0 Å². The van der Waals surface area contributed by atoms with Gasteiger partial charge in [0.25, 0.3) is 5.91 Å². The van der Waals surface area contributed by atoms with E-state index >= 15 is 0 Å². The van der Waals surface area contributed by atoms with E-state index in [2.05, 4.69) is 22.0 Å². The highest BCUT2D eigenvalue weighted by Crippen LogP contribution is 2.32. The number of rotatable bonds is 6. The maximum Gasteiger partial charge on any atom is 0.335 e. The van der Waals surface area contributed by atoms with E-state index in [1.807, 2.05) is 50.2 Å². The van der Waals surface area contributed by atoms with Crippen LogP contribution in [0.1, 0.15) is 63.2 Å². The van der Waals surface area contributed by atoms with Crippen LogP contribution in [0.25, 0.3) is 11.1 Å². The molecule has 1 aliphatic rings. The van der Waals surface area contributed by atoms with E-state index in [4.69, 9.17) is 0 Å². The van der Waals surface area contributed by atoms with Crippen molar-refractivity contribution in [2.24, 2.45) is 4.99 Å². The molecule has 204 valence electrons. The second-order valence-corrected chi connectivity index (χ2v) is 9.48. The van der Waals surface area contributed by atoms with Crippen molar-refractivity contribution < 1.29 is 19.1 Å². The van der Waals surface area contributed by atoms with Crippen LogP contribution >= 0.6 is 0 Å². The third-order valence-electron chi connectivity index (χ3n) is 6.89. The molecule has 4 aromatic carbocycles. The molecule has 1 N–H and O–H groups in total. The average Bonchev–Trinajstić information content (AvgIpc) is 2.99. The Labute approximate surface area is 234 Å². The molecule has 40 heavy (non-hydrogen) atoms. The molecule has 1 aliphatic heterocycles. The van der Waals surface area contributed by atoms with Crippen molar-refractivity contribution in [2.75, 3.05) is 11.4 Å². The van der Waals surface area contributed by atoms with Gasteiger partial charge >= 0.3 is 5.97 Å². The fraction of sp³-hybridized carbons (Fsp3) is 0.206. The number of carboxylic acid groups (broad SMARTS) is 1. The molecule has 4 aromatic rings. The van der Waals surface area contributed by atoms with E-state index in [-0.39, 0.29) is 17.3 Å². The molecular formula is C34H33FN2O3. The minimum Gasteiger partial charge on any atom is -0.478 e. The zero-order valence-corrected chi connectivity index (χ0v) is 23.0. The number of aryl methyl sites for hydroxylation is 2. The van der Waals surface area contributed by atoms with Gasteiger partial charge in [0.05, 0.1) is 5.56 Å². The molecule has 0 unspecified atom stereocenters. The summed E-state index contributed by atoms with van der Waals surface area (Å²) in [5.74, 6) is -1.63. The Morgan fingerprint density at radius 1 is 0.950 bits per heavy atom. The quantitative estimate of drug-likeness (QED) is 0.256. The first-order chi connectivity index (χ1) is 19.4. The van der Waals surface area contributed by atoms with Crippen LogP contribution in [0.2, 0.25) is 0 Å².